The van der Waals surface area contributed by atoms with E-state index in [1.54, 1.807) is 0 Å². The van der Waals surface area contributed by atoms with E-state index in [0.717, 1.165) is 77.4 Å². The Morgan fingerprint density at radius 1 is 0.542 bits per heavy atom. The molecule has 0 aromatic rings. The van der Waals surface area contributed by atoms with E-state index in [1.807, 2.05) is 0 Å². The lowest BCUT2D eigenvalue weighted by Gasteiger charge is -2.28. The number of nitrogens with one attached hydrogen (secondary N) is 1. The number of thiol groups is 1. The van der Waals surface area contributed by atoms with E-state index in [4.69, 9.17) is 22.1 Å². The van der Waals surface area contributed by atoms with Gasteiger partial charge in [0.2, 0.25) is 0 Å². The summed E-state index contributed by atoms with van der Waals surface area (Å²) in [6.45, 7) is 16.0. The van der Waals surface area contributed by atoms with Crippen molar-refractivity contribution in [3.05, 3.63) is 0 Å². The molecule has 0 bridgehead atoms. The molecule has 286 valence electrons. The molecule has 2 atom stereocenters. The standard InChI is InChI=1S/C41H82N2O4S/c1-7-13-17-21-25-29-36(30-26-22-18-14-8-2)46-39(44)35-42-40(38(48)33-34-43(11-5)12-6)41(45)47-37(31-27-23-19-15-9-3)32-28-24-20-16-10-4/h36-38,40,42,48H,7-35H2,1-6H3. The molecule has 0 amide bonds. The number of rotatable bonds is 36. The van der Waals surface area contributed by atoms with Gasteiger partial charge in [-0.3, -0.25) is 14.9 Å². The van der Waals surface area contributed by atoms with Gasteiger partial charge in [-0.2, -0.15) is 12.6 Å². The SMILES string of the molecule is CCCCCCCC(CCCCCCC)OC(=O)CNC(C(=O)OC(CCCCCCC)CCCCCCC)C(S)CCN(CC)CC. The Kier molecular flexibility index (Phi) is 34.1. The molecule has 1 N–H and O–H groups in total. The molecule has 48 heavy (non-hydrogen) atoms. The molecule has 7 heteroatoms. The second-order valence-corrected chi connectivity index (χ2v) is 14.9. The molecule has 0 saturated carbocycles. The first kappa shape index (κ1) is 47.2. The van der Waals surface area contributed by atoms with Crippen LogP contribution in [-0.4, -0.2) is 66.5 Å². The van der Waals surface area contributed by atoms with Gasteiger partial charge in [0, 0.05) is 5.25 Å². The molecule has 0 aliphatic carbocycles. The van der Waals surface area contributed by atoms with Crippen molar-refractivity contribution in [3.63, 3.8) is 0 Å². The van der Waals surface area contributed by atoms with Crippen LogP contribution in [0.4, 0.5) is 0 Å². The highest BCUT2D eigenvalue weighted by atomic mass is 32.1. The van der Waals surface area contributed by atoms with Gasteiger partial charge < -0.3 is 14.4 Å². The van der Waals surface area contributed by atoms with Gasteiger partial charge in [-0.15, -0.1) is 0 Å². The second kappa shape index (κ2) is 34.6. The first-order valence-corrected chi connectivity index (χ1v) is 21.4. The van der Waals surface area contributed by atoms with Crippen molar-refractivity contribution in [2.75, 3.05) is 26.2 Å². The van der Waals surface area contributed by atoms with E-state index in [1.165, 1.54) is 103 Å². The molecule has 0 aromatic carbocycles. The third kappa shape index (κ3) is 27.0. The largest absolute Gasteiger partial charge is 0.461 e. The molecule has 6 nitrogen and oxygen atoms in total. The van der Waals surface area contributed by atoms with Crippen molar-refractivity contribution in [2.45, 2.75) is 226 Å². The van der Waals surface area contributed by atoms with Crippen LogP contribution in [0.1, 0.15) is 202 Å². The molecule has 0 aliphatic heterocycles. The smallest absolute Gasteiger partial charge is 0.324 e. The van der Waals surface area contributed by atoms with Crippen LogP contribution in [0, 0.1) is 0 Å². The van der Waals surface area contributed by atoms with E-state index < -0.39 is 6.04 Å². The predicted molar refractivity (Wildman–Crippen MR) is 210 cm³/mol. The van der Waals surface area contributed by atoms with E-state index in [2.05, 4.69) is 51.8 Å². The molecule has 0 saturated heterocycles. The molecule has 0 spiro atoms. The fraction of sp³-hybridized carbons (Fsp3) is 0.951. The molecular formula is C41H82N2O4S. The van der Waals surface area contributed by atoms with Crippen LogP contribution in [0.5, 0.6) is 0 Å². The highest BCUT2D eigenvalue weighted by molar-refractivity contribution is 7.81. The van der Waals surface area contributed by atoms with Crippen LogP contribution in [0.25, 0.3) is 0 Å². The topological polar surface area (TPSA) is 67.9 Å². The molecule has 0 aliphatic rings. The lowest BCUT2D eigenvalue weighted by Crippen LogP contribution is -2.49. The van der Waals surface area contributed by atoms with E-state index in [9.17, 15) is 9.59 Å². The Bertz CT molecular complexity index is 693. The van der Waals surface area contributed by atoms with E-state index >= 15 is 0 Å². The molecule has 0 radical (unpaired) electrons. The summed E-state index contributed by atoms with van der Waals surface area (Å²) in [6, 6.07) is -0.652. The van der Waals surface area contributed by atoms with Gasteiger partial charge in [0.25, 0.3) is 0 Å². The lowest BCUT2D eigenvalue weighted by molar-refractivity contribution is -0.153. The van der Waals surface area contributed by atoms with Crippen LogP contribution >= 0.6 is 12.6 Å². The molecular weight excluding hydrogens is 617 g/mol. The van der Waals surface area contributed by atoms with Gasteiger partial charge in [-0.1, -0.05) is 144 Å². The summed E-state index contributed by atoms with van der Waals surface area (Å²) in [5.74, 6) is -0.537. The fourth-order valence-electron chi connectivity index (χ4n) is 6.48. The minimum Gasteiger partial charge on any atom is -0.461 e. The Morgan fingerprint density at radius 2 is 0.917 bits per heavy atom. The third-order valence-corrected chi connectivity index (χ3v) is 10.4. The Labute approximate surface area is 304 Å². The number of nitrogens with zero attached hydrogens (tertiary/aromatic N) is 1. The van der Waals surface area contributed by atoms with Crippen molar-refractivity contribution >= 4 is 24.6 Å². The van der Waals surface area contributed by atoms with Crippen molar-refractivity contribution < 1.29 is 19.1 Å². The minimum absolute atomic E-state index is 0.00294. The highest BCUT2D eigenvalue weighted by Gasteiger charge is 2.30. The van der Waals surface area contributed by atoms with Crippen LogP contribution in [-0.2, 0) is 19.1 Å². The summed E-state index contributed by atoms with van der Waals surface area (Å²) < 4.78 is 12.3. The summed E-state index contributed by atoms with van der Waals surface area (Å²) >= 11 is 4.94. The van der Waals surface area contributed by atoms with Gasteiger partial charge in [-0.25, -0.2) is 0 Å². The first-order chi connectivity index (χ1) is 23.4. The van der Waals surface area contributed by atoms with Crippen LogP contribution < -0.4 is 5.32 Å². The van der Waals surface area contributed by atoms with Gasteiger partial charge in [0.05, 0.1) is 6.54 Å². The van der Waals surface area contributed by atoms with Crippen LogP contribution in [0.15, 0.2) is 0 Å². The summed E-state index contributed by atoms with van der Waals surface area (Å²) in [6.07, 6.45) is 28.3. The van der Waals surface area contributed by atoms with Gasteiger partial charge in [0.15, 0.2) is 0 Å². The lowest BCUT2D eigenvalue weighted by atomic mass is 10.0. The molecule has 0 aromatic heterocycles. The van der Waals surface area contributed by atoms with E-state index in [0.29, 0.717) is 0 Å². The zero-order chi connectivity index (χ0) is 35.7. The number of hydrogen-bond donors (Lipinski definition) is 2. The van der Waals surface area contributed by atoms with Crippen LogP contribution in [0.3, 0.4) is 0 Å². The minimum atomic E-state index is -0.652. The Morgan fingerprint density at radius 3 is 1.29 bits per heavy atom. The second-order valence-electron chi connectivity index (χ2n) is 14.2. The van der Waals surface area contributed by atoms with E-state index in [-0.39, 0.29) is 35.9 Å². The van der Waals surface area contributed by atoms with Gasteiger partial charge >= 0.3 is 11.9 Å². The predicted octanol–water partition coefficient (Wildman–Crippen LogP) is 11.2. The van der Waals surface area contributed by atoms with Gasteiger partial charge in [0.1, 0.15) is 18.2 Å². The number of carbonyl (C=O) groups is 2. The molecule has 2 unspecified atom stereocenters. The maximum Gasteiger partial charge on any atom is 0.324 e. The maximum atomic E-state index is 13.8. The van der Waals surface area contributed by atoms with Crippen molar-refractivity contribution in [1.29, 1.82) is 0 Å². The summed E-state index contributed by atoms with van der Waals surface area (Å²) in [5.41, 5.74) is 0. The third-order valence-electron chi connectivity index (χ3n) is 9.84. The first-order valence-electron chi connectivity index (χ1n) is 20.9. The van der Waals surface area contributed by atoms with Crippen LogP contribution in [0.2, 0.25) is 0 Å². The maximum absolute atomic E-state index is 13.8. The van der Waals surface area contributed by atoms with Crippen molar-refractivity contribution in [1.82, 2.24) is 10.2 Å². The summed E-state index contributed by atoms with van der Waals surface area (Å²) in [4.78, 5) is 29.4. The number of hydrogen-bond acceptors (Lipinski definition) is 7. The average Bonchev–Trinajstić information content (AvgIpc) is 3.08. The fourth-order valence-corrected chi connectivity index (χ4v) is 6.83. The monoisotopic (exact) mass is 699 g/mol. The zero-order valence-electron chi connectivity index (χ0n) is 32.8. The number of unbranched alkanes of at least 4 members (excludes halogenated alkanes) is 16. The zero-order valence-corrected chi connectivity index (χ0v) is 33.7. The number of carbonyl (C=O) groups excluding carboxylic acids is 2. The molecule has 0 fully saturated rings. The quantitative estimate of drug-likeness (QED) is 0.0386. The number of ether oxygens (including phenoxy) is 2. The summed E-state index contributed by atoms with van der Waals surface area (Å²) in [5, 5.41) is 3.03. The number of esters is 2. The molecule has 0 rings (SSSR count). The molecule has 0 heterocycles. The summed E-state index contributed by atoms with van der Waals surface area (Å²) in [7, 11) is 0. The van der Waals surface area contributed by atoms with Crippen molar-refractivity contribution in [2.24, 2.45) is 0 Å². The highest BCUT2D eigenvalue weighted by Crippen LogP contribution is 2.20. The normalized spacial score (nSPS) is 13.0. The average molecular weight is 699 g/mol. The Hall–Kier alpha value is -0.790. The van der Waals surface area contributed by atoms with Crippen molar-refractivity contribution in [3.8, 4) is 0 Å². The Balaban J connectivity index is 5.49. The van der Waals surface area contributed by atoms with Gasteiger partial charge in [-0.05, 0) is 77.4 Å².